The molecule has 0 heterocycles. The van der Waals surface area contributed by atoms with E-state index < -0.39 is 0 Å². The number of hydrogen-bond acceptors (Lipinski definition) is 0. The van der Waals surface area contributed by atoms with Gasteiger partial charge in [-0.25, -0.2) is 0 Å². The highest BCUT2D eigenvalue weighted by Crippen LogP contribution is 2.54. The summed E-state index contributed by atoms with van der Waals surface area (Å²) in [7, 11) is 0. The second kappa shape index (κ2) is 13.5. The Labute approximate surface area is 375 Å². The fourth-order valence-corrected chi connectivity index (χ4v) is 11.7. The minimum Gasteiger partial charge on any atom is -0.0619 e. The molecule has 0 amide bonds. The van der Waals surface area contributed by atoms with Crippen molar-refractivity contribution in [3.05, 3.63) is 229 Å². The van der Waals surface area contributed by atoms with Gasteiger partial charge in [-0.05, 0) is 169 Å². The predicted octanol–water partition coefficient (Wildman–Crippen LogP) is 17.6. The first-order chi connectivity index (χ1) is 31.2. The predicted molar refractivity (Wildman–Crippen MR) is 273 cm³/mol. The summed E-state index contributed by atoms with van der Waals surface area (Å²) >= 11 is 0. The Bertz CT molecular complexity index is 3780. The maximum Gasteiger partial charge on any atom is 0.0159 e. The zero-order valence-electron chi connectivity index (χ0n) is 36.6. The van der Waals surface area contributed by atoms with E-state index in [1.165, 1.54) is 132 Å². The molecule has 0 nitrogen and oxygen atoms in total. The molecule has 11 aromatic rings. The molecule has 2 aliphatic rings. The Morgan fingerprint density at radius 1 is 0.234 bits per heavy atom. The first-order valence-electron chi connectivity index (χ1n) is 22.7. The van der Waals surface area contributed by atoms with Crippen LogP contribution in [0, 0.1) is 0 Å². The van der Waals surface area contributed by atoms with Crippen LogP contribution >= 0.6 is 0 Å². The minimum absolute atomic E-state index is 0.102. The van der Waals surface area contributed by atoms with Crippen LogP contribution in [0.5, 0.6) is 0 Å². The summed E-state index contributed by atoms with van der Waals surface area (Å²) < 4.78 is 0. The molecule has 0 saturated carbocycles. The zero-order chi connectivity index (χ0) is 42.9. The number of rotatable bonds is 4. The van der Waals surface area contributed by atoms with Crippen molar-refractivity contribution < 1.29 is 0 Å². The first kappa shape index (κ1) is 37.1. The van der Waals surface area contributed by atoms with Crippen molar-refractivity contribution in [3.63, 3.8) is 0 Å². The van der Waals surface area contributed by atoms with Crippen LogP contribution in [0.1, 0.15) is 49.9 Å². The van der Waals surface area contributed by atoms with Crippen LogP contribution in [-0.2, 0) is 10.8 Å². The third-order valence-corrected chi connectivity index (χ3v) is 15.0. The van der Waals surface area contributed by atoms with Crippen molar-refractivity contribution in [2.24, 2.45) is 0 Å². The maximum absolute atomic E-state index is 2.51. The van der Waals surface area contributed by atoms with E-state index in [1.54, 1.807) is 0 Å². The summed E-state index contributed by atoms with van der Waals surface area (Å²) in [5.74, 6) is 0. The van der Waals surface area contributed by atoms with Gasteiger partial charge in [0.15, 0.2) is 0 Å². The fraction of sp³-hybridized carbons (Fsp3) is 0.0938. The van der Waals surface area contributed by atoms with E-state index in [1.807, 2.05) is 0 Å². The lowest BCUT2D eigenvalue weighted by molar-refractivity contribution is 0.660. The van der Waals surface area contributed by atoms with Gasteiger partial charge in [-0.15, -0.1) is 0 Å². The van der Waals surface area contributed by atoms with Crippen LogP contribution < -0.4 is 0 Å². The lowest BCUT2D eigenvalue weighted by Crippen LogP contribution is -2.15. The quantitative estimate of drug-likeness (QED) is 0.155. The van der Waals surface area contributed by atoms with Gasteiger partial charge in [0, 0.05) is 10.8 Å². The van der Waals surface area contributed by atoms with Crippen molar-refractivity contribution in [3.8, 4) is 66.8 Å². The third-order valence-electron chi connectivity index (χ3n) is 15.0. The van der Waals surface area contributed by atoms with Gasteiger partial charge in [0.05, 0.1) is 0 Å². The van der Waals surface area contributed by atoms with Gasteiger partial charge in [0.2, 0.25) is 0 Å². The number of fused-ring (bicyclic) bond motifs is 10. The molecule has 0 unspecified atom stereocenters. The average Bonchev–Trinajstić information content (AvgIpc) is 3.70. The number of benzene rings is 11. The van der Waals surface area contributed by atoms with Gasteiger partial charge in [-0.3, -0.25) is 0 Å². The molecule has 0 spiro atoms. The molecule has 0 bridgehead atoms. The van der Waals surface area contributed by atoms with E-state index in [2.05, 4.69) is 234 Å². The molecule has 0 atom stereocenters. The van der Waals surface area contributed by atoms with Crippen LogP contribution in [0.2, 0.25) is 0 Å². The van der Waals surface area contributed by atoms with Crippen LogP contribution in [0.3, 0.4) is 0 Å². The van der Waals surface area contributed by atoms with Crippen LogP contribution in [0.4, 0.5) is 0 Å². The largest absolute Gasteiger partial charge is 0.0619 e. The second-order valence-electron chi connectivity index (χ2n) is 19.3. The molecule has 2 aliphatic carbocycles. The highest BCUT2D eigenvalue weighted by atomic mass is 14.4. The molecule has 0 aliphatic heterocycles. The summed E-state index contributed by atoms with van der Waals surface area (Å²) in [6.07, 6.45) is 0. The maximum atomic E-state index is 2.51. The van der Waals surface area contributed by atoms with E-state index in [4.69, 9.17) is 0 Å². The lowest BCUT2D eigenvalue weighted by Gasteiger charge is -2.24. The van der Waals surface area contributed by atoms with Gasteiger partial charge in [0.25, 0.3) is 0 Å². The van der Waals surface area contributed by atoms with Gasteiger partial charge in [-0.2, -0.15) is 0 Å². The molecule has 302 valence electrons. The molecule has 0 saturated heterocycles. The van der Waals surface area contributed by atoms with Crippen molar-refractivity contribution in [2.45, 2.75) is 38.5 Å². The van der Waals surface area contributed by atoms with E-state index in [0.29, 0.717) is 0 Å². The topological polar surface area (TPSA) is 0 Å². The Morgan fingerprint density at radius 3 is 1.17 bits per heavy atom. The Balaban J connectivity index is 1.02. The summed E-state index contributed by atoms with van der Waals surface area (Å²) in [5, 5.41) is 10.2. The first-order valence-corrected chi connectivity index (χ1v) is 22.7. The molecule has 0 radical (unpaired) electrons. The molecular weight excluding hydrogens is 769 g/mol. The molecule has 13 rings (SSSR count). The Hall–Kier alpha value is -7.54. The van der Waals surface area contributed by atoms with E-state index in [0.717, 1.165) is 0 Å². The van der Waals surface area contributed by atoms with E-state index in [-0.39, 0.29) is 10.8 Å². The van der Waals surface area contributed by atoms with Crippen molar-refractivity contribution in [2.75, 3.05) is 0 Å². The van der Waals surface area contributed by atoms with Gasteiger partial charge >= 0.3 is 0 Å². The van der Waals surface area contributed by atoms with Crippen LogP contribution in [-0.4, -0.2) is 0 Å². The molecule has 64 heavy (non-hydrogen) atoms. The summed E-state index contributed by atoms with van der Waals surface area (Å²) in [4.78, 5) is 0. The zero-order valence-corrected chi connectivity index (χ0v) is 36.6. The normalized spacial score (nSPS) is 14.2. The SMILES string of the molecule is CC1(C)c2ccccc2-c2ccc(-c3c4ccccc4c(-c4ccc5c(c4)C(C)(C)c4cc(-c6ccc7ccccc7c6)ccc4-5)c4ccc(-c5ccc6ccccc6c5)cc34)cc21. The molecule has 0 aromatic heterocycles. The van der Waals surface area contributed by atoms with Crippen molar-refractivity contribution in [1.82, 2.24) is 0 Å². The van der Waals surface area contributed by atoms with Crippen LogP contribution in [0.15, 0.2) is 206 Å². The van der Waals surface area contributed by atoms with Crippen LogP contribution in [0.25, 0.3) is 110 Å². The fourth-order valence-electron chi connectivity index (χ4n) is 11.7. The monoisotopic (exact) mass is 814 g/mol. The van der Waals surface area contributed by atoms with Gasteiger partial charge in [-0.1, -0.05) is 198 Å². The molecule has 11 aromatic carbocycles. The van der Waals surface area contributed by atoms with Crippen molar-refractivity contribution in [1.29, 1.82) is 0 Å². The third kappa shape index (κ3) is 5.36. The molecule has 0 fully saturated rings. The van der Waals surface area contributed by atoms with Gasteiger partial charge in [0.1, 0.15) is 0 Å². The van der Waals surface area contributed by atoms with Crippen molar-refractivity contribution >= 4 is 43.1 Å². The average molecular weight is 815 g/mol. The smallest absolute Gasteiger partial charge is 0.0159 e. The highest BCUT2D eigenvalue weighted by molar-refractivity contribution is 6.22. The second-order valence-corrected chi connectivity index (χ2v) is 19.3. The lowest BCUT2D eigenvalue weighted by atomic mass is 9.79. The standard InChI is InChI=1S/C64H46/c1-63(2)57-20-12-11-17-49(57)50-30-28-48(38-59(50)63)62-54-19-10-9-18-53(54)61(55-32-26-45(35-56(55)62)43-23-21-39-13-5-7-15-41(39)33-43)47-27-31-52-51-29-25-46(36-58(51)64(3,4)60(52)37-47)44-24-22-40-14-6-8-16-42(40)34-44/h5-38H,1-4H3. The minimum atomic E-state index is -0.183. The molecule has 0 heteroatoms. The number of hydrogen-bond donors (Lipinski definition) is 0. The van der Waals surface area contributed by atoms with Gasteiger partial charge < -0.3 is 0 Å². The van der Waals surface area contributed by atoms with E-state index >= 15 is 0 Å². The summed E-state index contributed by atoms with van der Waals surface area (Å²) in [5.41, 5.74) is 20.7. The molecule has 0 N–H and O–H groups in total. The Morgan fingerprint density at radius 2 is 0.594 bits per heavy atom. The van der Waals surface area contributed by atoms with E-state index in [9.17, 15) is 0 Å². The molecular formula is C64H46. The summed E-state index contributed by atoms with van der Waals surface area (Å²) in [6, 6.07) is 78.0. The summed E-state index contributed by atoms with van der Waals surface area (Å²) in [6.45, 7) is 9.59. The highest BCUT2D eigenvalue weighted by Gasteiger charge is 2.37. The Kier molecular flexibility index (Phi) is 7.80.